The van der Waals surface area contributed by atoms with E-state index in [0.29, 0.717) is 23.0 Å². The monoisotopic (exact) mass is 311 g/mol. The van der Waals surface area contributed by atoms with E-state index in [1.165, 1.54) is 11.3 Å². The Labute approximate surface area is 130 Å². The van der Waals surface area contributed by atoms with E-state index in [9.17, 15) is 4.79 Å². The molecule has 0 aliphatic heterocycles. The van der Waals surface area contributed by atoms with Crippen LogP contribution in [0, 0.1) is 5.92 Å². The van der Waals surface area contributed by atoms with Gasteiger partial charge < -0.3 is 21.1 Å². The Kier molecular flexibility index (Phi) is 7.85. The van der Waals surface area contributed by atoms with Crippen LogP contribution in [0.4, 0.5) is 10.7 Å². The van der Waals surface area contributed by atoms with Crippen molar-refractivity contribution in [3.05, 3.63) is 23.6 Å². The van der Waals surface area contributed by atoms with Gasteiger partial charge in [0.05, 0.1) is 10.7 Å². The zero-order chi connectivity index (χ0) is 15.7. The molecule has 1 aromatic heterocycles. The second-order valence-corrected chi connectivity index (χ2v) is 6.20. The van der Waals surface area contributed by atoms with Gasteiger partial charge in [-0.2, -0.15) is 0 Å². The van der Waals surface area contributed by atoms with Crippen molar-refractivity contribution in [2.24, 2.45) is 5.92 Å². The Morgan fingerprint density at radius 3 is 3.00 bits per heavy atom. The lowest BCUT2D eigenvalue weighted by atomic mass is 10.2. The second-order valence-electron chi connectivity index (χ2n) is 5.14. The molecule has 5 nitrogen and oxygen atoms in total. The number of rotatable bonds is 10. The molecular formula is C15H25N3O2S. The molecule has 1 amide bonds. The van der Waals surface area contributed by atoms with E-state index in [-0.39, 0.29) is 5.91 Å². The maximum Gasteiger partial charge on any atom is 0.263 e. The highest BCUT2D eigenvalue weighted by Gasteiger charge is 2.13. The maximum atomic E-state index is 11.8. The number of anilines is 2. The summed E-state index contributed by atoms with van der Waals surface area (Å²) in [4.78, 5) is 12.4. The van der Waals surface area contributed by atoms with Gasteiger partial charge in [0.2, 0.25) is 0 Å². The smallest absolute Gasteiger partial charge is 0.263 e. The molecule has 0 bridgehead atoms. The molecule has 6 heteroatoms. The van der Waals surface area contributed by atoms with E-state index < -0.39 is 0 Å². The van der Waals surface area contributed by atoms with E-state index in [4.69, 9.17) is 10.5 Å². The first-order valence-electron chi connectivity index (χ1n) is 7.14. The van der Waals surface area contributed by atoms with Crippen LogP contribution in [0.15, 0.2) is 18.7 Å². The standard InChI is InChI=1S/C15H25N3O2S/c1-4-6-18-15(19)14-12(16)9-13(21-14)17-7-5-8-20-10-11(2)3/h4,9,11,17H,1,5-8,10,16H2,2-3H3,(H,18,19). The average Bonchev–Trinajstić information content (AvgIpc) is 2.81. The van der Waals surface area contributed by atoms with Crippen molar-refractivity contribution < 1.29 is 9.53 Å². The molecule has 0 atom stereocenters. The van der Waals surface area contributed by atoms with Gasteiger partial charge >= 0.3 is 0 Å². The molecule has 0 radical (unpaired) electrons. The largest absolute Gasteiger partial charge is 0.397 e. The lowest BCUT2D eigenvalue weighted by Gasteiger charge is -2.07. The fourth-order valence-corrected chi connectivity index (χ4v) is 2.54. The van der Waals surface area contributed by atoms with E-state index in [0.717, 1.165) is 31.2 Å². The molecule has 0 saturated carbocycles. The zero-order valence-electron chi connectivity index (χ0n) is 12.8. The molecule has 118 valence electrons. The van der Waals surface area contributed by atoms with Gasteiger partial charge in [-0.3, -0.25) is 4.79 Å². The summed E-state index contributed by atoms with van der Waals surface area (Å²) >= 11 is 1.36. The highest BCUT2D eigenvalue weighted by molar-refractivity contribution is 7.18. The minimum Gasteiger partial charge on any atom is -0.397 e. The molecule has 0 aliphatic rings. The van der Waals surface area contributed by atoms with Crippen molar-refractivity contribution in [1.29, 1.82) is 0 Å². The summed E-state index contributed by atoms with van der Waals surface area (Å²) in [6.45, 7) is 10.6. The van der Waals surface area contributed by atoms with Gasteiger partial charge in [0, 0.05) is 26.3 Å². The van der Waals surface area contributed by atoms with Crippen LogP contribution in [-0.4, -0.2) is 32.2 Å². The summed E-state index contributed by atoms with van der Waals surface area (Å²) < 4.78 is 5.51. The summed E-state index contributed by atoms with van der Waals surface area (Å²) in [5.74, 6) is 0.400. The molecular weight excluding hydrogens is 286 g/mol. The summed E-state index contributed by atoms with van der Waals surface area (Å²) in [6.07, 6.45) is 2.56. The second kappa shape index (κ2) is 9.41. The summed E-state index contributed by atoms with van der Waals surface area (Å²) in [7, 11) is 0. The number of nitrogens with two attached hydrogens (primary N) is 1. The van der Waals surface area contributed by atoms with Crippen LogP contribution in [0.25, 0.3) is 0 Å². The minimum absolute atomic E-state index is 0.161. The topological polar surface area (TPSA) is 76.4 Å². The third-order valence-corrected chi connectivity index (χ3v) is 3.70. The number of carbonyl (C=O) groups is 1. The Balaban J connectivity index is 2.33. The van der Waals surface area contributed by atoms with E-state index in [1.807, 2.05) is 0 Å². The number of thiophene rings is 1. The van der Waals surface area contributed by atoms with Gasteiger partial charge in [0.25, 0.3) is 5.91 Å². The van der Waals surface area contributed by atoms with Crippen molar-refractivity contribution in [3.63, 3.8) is 0 Å². The van der Waals surface area contributed by atoms with E-state index in [2.05, 4.69) is 31.1 Å². The van der Waals surface area contributed by atoms with Gasteiger partial charge in [0.15, 0.2) is 0 Å². The highest BCUT2D eigenvalue weighted by Crippen LogP contribution is 2.28. The van der Waals surface area contributed by atoms with Crippen LogP contribution in [0.3, 0.4) is 0 Å². The highest BCUT2D eigenvalue weighted by atomic mass is 32.1. The number of hydrogen-bond acceptors (Lipinski definition) is 5. The number of hydrogen-bond donors (Lipinski definition) is 3. The Morgan fingerprint density at radius 2 is 2.33 bits per heavy atom. The minimum atomic E-state index is -0.161. The van der Waals surface area contributed by atoms with Crippen molar-refractivity contribution in [1.82, 2.24) is 5.32 Å². The van der Waals surface area contributed by atoms with Gasteiger partial charge in [-0.25, -0.2) is 0 Å². The predicted octanol–water partition coefficient (Wildman–Crippen LogP) is 2.72. The fraction of sp³-hybridized carbons (Fsp3) is 0.533. The first-order valence-corrected chi connectivity index (χ1v) is 7.96. The molecule has 1 heterocycles. The van der Waals surface area contributed by atoms with Crippen molar-refractivity contribution in [2.75, 3.05) is 37.4 Å². The fourth-order valence-electron chi connectivity index (χ4n) is 1.62. The Morgan fingerprint density at radius 1 is 1.57 bits per heavy atom. The molecule has 0 spiro atoms. The number of nitrogen functional groups attached to an aromatic ring is 1. The zero-order valence-corrected chi connectivity index (χ0v) is 13.6. The van der Waals surface area contributed by atoms with Crippen molar-refractivity contribution in [3.8, 4) is 0 Å². The summed E-state index contributed by atoms with van der Waals surface area (Å²) in [5, 5.41) is 6.89. The van der Waals surface area contributed by atoms with Crippen LogP contribution < -0.4 is 16.4 Å². The molecule has 0 saturated heterocycles. The van der Waals surface area contributed by atoms with Gasteiger partial charge in [-0.15, -0.1) is 17.9 Å². The summed E-state index contributed by atoms with van der Waals surface area (Å²) in [5.41, 5.74) is 6.36. The molecule has 1 rings (SSSR count). The molecule has 0 fully saturated rings. The van der Waals surface area contributed by atoms with E-state index >= 15 is 0 Å². The third kappa shape index (κ3) is 6.64. The van der Waals surface area contributed by atoms with Crippen LogP contribution in [0.1, 0.15) is 29.9 Å². The summed E-state index contributed by atoms with van der Waals surface area (Å²) in [6, 6.07) is 1.79. The predicted molar refractivity (Wildman–Crippen MR) is 90.0 cm³/mol. The van der Waals surface area contributed by atoms with Gasteiger partial charge in [0.1, 0.15) is 4.88 Å². The first kappa shape index (κ1) is 17.5. The molecule has 21 heavy (non-hydrogen) atoms. The molecule has 4 N–H and O–H groups in total. The van der Waals surface area contributed by atoms with Crippen LogP contribution >= 0.6 is 11.3 Å². The van der Waals surface area contributed by atoms with Crippen molar-refractivity contribution >= 4 is 27.9 Å². The number of nitrogens with one attached hydrogen (secondary N) is 2. The average molecular weight is 311 g/mol. The Bertz CT molecular complexity index is 458. The maximum absolute atomic E-state index is 11.8. The van der Waals surface area contributed by atoms with Crippen LogP contribution in [-0.2, 0) is 4.74 Å². The van der Waals surface area contributed by atoms with Crippen LogP contribution in [0.5, 0.6) is 0 Å². The number of ether oxygens (including phenoxy) is 1. The van der Waals surface area contributed by atoms with Gasteiger partial charge in [-0.05, 0) is 18.4 Å². The molecule has 0 aliphatic carbocycles. The van der Waals surface area contributed by atoms with E-state index in [1.54, 1.807) is 12.1 Å². The van der Waals surface area contributed by atoms with Gasteiger partial charge in [-0.1, -0.05) is 19.9 Å². The Hall–Kier alpha value is -1.53. The quantitative estimate of drug-likeness (QED) is 0.459. The van der Waals surface area contributed by atoms with Crippen LogP contribution in [0.2, 0.25) is 0 Å². The molecule has 0 unspecified atom stereocenters. The normalized spacial score (nSPS) is 10.6. The number of carbonyl (C=O) groups excluding carboxylic acids is 1. The SMILES string of the molecule is C=CCNC(=O)c1sc(NCCCOCC(C)C)cc1N. The third-order valence-electron chi connectivity index (χ3n) is 2.59. The number of amides is 1. The van der Waals surface area contributed by atoms with Crippen molar-refractivity contribution in [2.45, 2.75) is 20.3 Å². The molecule has 1 aromatic rings. The lowest BCUT2D eigenvalue weighted by Crippen LogP contribution is -2.22. The molecule has 0 aromatic carbocycles. The lowest BCUT2D eigenvalue weighted by molar-refractivity contribution is 0.0963. The first-order chi connectivity index (χ1) is 10.0.